The van der Waals surface area contributed by atoms with E-state index in [4.69, 9.17) is 4.74 Å². The standard InChI is InChI=1S/C15H20O2S2/c1-4-17-14(16)13(12-10-8-7-9-11-12)15(18-5-2)19-6-3/h7-11H,4-6H2,1-3H3. The van der Waals surface area contributed by atoms with Gasteiger partial charge in [-0.1, -0.05) is 44.2 Å². The number of carbonyl (C=O) groups is 1. The van der Waals surface area contributed by atoms with Crippen LogP contribution in [0.25, 0.3) is 5.57 Å². The molecule has 0 aliphatic heterocycles. The minimum Gasteiger partial charge on any atom is -0.462 e. The average Bonchev–Trinajstić information content (AvgIpc) is 2.41. The number of hydrogen-bond acceptors (Lipinski definition) is 4. The van der Waals surface area contributed by atoms with E-state index in [9.17, 15) is 4.79 Å². The number of ether oxygens (including phenoxy) is 1. The van der Waals surface area contributed by atoms with Crippen LogP contribution in [0.5, 0.6) is 0 Å². The molecule has 2 nitrogen and oxygen atoms in total. The Hall–Kier alpha value is -0.870. The predicted octanol–water partition coefficient (Wildman–Crippen LogP) is 4.42. The SMILES string of the molecule is CCOC(=O)C(=C(SCC)SCC)c1ccccc1. The quantitative estimate of drug-likeness (QED) is 0.549. The molecule has 0 saturated carbocycles. The Morgan fingerprint density at radius 3 is 2.11 bits per heavy atom. The highest BCUT2D eigenvalue weighted by Crippen LogP contribution is 2.36. The summed E-state index contributed by atoms with van der Waals surface area (Å²) >= 11 is 3.40. The van der Waals surface area contributed by atoms with E-state index in [1.165, 1.54) is 0 Å². The molecule has 4 heteroatoms. The van der Waals surface area contributed by atoms with Gasteiger partial charge < -0.3 is 4.74 Å². The summed E-state index contributed by atoms with van der Waals surface area (Å²) in [5, 5.41) is 0. The fourth-order valence-electron chi connectivity index (χ4n) is 1.58. The van der Waals surface area contributed by atoms with Gasteiger partial charge in [0.1, 0.15) is 0 Å². The van der Waals surface area contributed by atoms with Crippen LogP contribution in [0.2, 0.25) is 0 Å². The number of carbonyl (C=O) groups excluding carboxylic acids is 1. The molecule has 0 saturated heterocycles. The van der Waals surface area contributed by atoms with Gasteiger partial charge in [0.2, 0.25) is 0 Å². The third kappa shape index (κ3) is 4.96. The fourth-order valence-corrected chi connectivity index (χ4v) is 3.83. The summed E-state index contributed by atoms with van der Waals surface area (Å²) in [7, 11) is 0. The maximum atomic E-state index is 12.2. The van der Waals surface area contributed by atoms with Crippen LogP contribution in [0, 0.1) is 0 Å². The summed E-state index contributed by atoms with van der Waals surface area (Å²) < 4.78 is 6.26. The van der Waals surface area contributed by atoms with E-state index in [2.05, 4.69) is 13.8 Å². The van der Waals surface area contributed by atoms with Gasteiger partial charge >= 0.3 is 5.97 Å². The Balaban J connectivity index is 3.23. The first-order valence-electron chi connectivity index (χ1n) is 6.46. The van der Waals surface area contributed by atoms with E-state index < -0.39 is 0 Å². The Labute approximate surface area is 124 Å². The van der Waals surface area contributed by atoms with Gasteiger partial charge in [0.15, 0.2) is 0 Å². The molecule has 0 amide bonds. The van der Waals surface area contributed by atoms with Crippen LogP contribution >= 0.6 is 23.5 Å². The van der Waals surface area contributed by atoms with Gasteiger partial charge in [0.05, 0.1) is 16.4 Å². The van der Waals surface area contributed by atoms with Gasteiger partial charge in [0, 0.05) is 0 Å². The molecule has 0 aliphatic carbocycles. The molecule has 0 atom stereocenters. The lowest BCUT2D eigenvalue weighted by Gasteiger charge is -2.13. The fraction of sp³-hybridized carbons (Fsp3) is 0.400. The lowest BCUT2D eigenvalue weighted by atomic mass is 10.1. The highest BCUT2D eigenvalue weighted by molar-refractivity contribution is 8.22. The van der Waals surface area contributed by atoms with Gasteiger partial charge in [-0.05, 0) is 24.0 Å². The summed E-state index contributed by atoms with van der Waals surface area (Å²) in [5.74, 6) is 1.65. The number of hydrogen-bond donors (Lipinski definition) is 0. The van der Waals surface area contributed by atoms with Crippen molar-refractivity contribution >= 4 is 35.1 Å². The largest absolute Gasteiger partial charge is 0.462 e. The minimum atomic E-state index is -0.231. The van der Waals surface area contributed by atoms with Crippen molar-refractivity contribution in [3.63, 3.8) is 0 Å². The van der Waals surface area contributed by atoms with Crippen LogP contribution in [-0.2, 0) is 9.53 Å². The van der Waals surface area contributed by atoms with Crippen molar-refractivity contribution in [2.24, 2.45) is 0 Å². The zero-order valence-electron chi connectivity index (χ0n) is 11.6. The molecule has 0 bridgehead atoms. The third-order valence-electron chi connectivity index (χ3n) is 2.30. The Morgan fingerprint density at radius 2 is 1.63 bits per heavy atom. The summed E-state index contributed by atoms with van der Waals surface area (Å²) in [6.07, 6.45) is 0. The van der Waals surface area contributed by atoms with Crippen molar-refractivity contribution < 1.29 is 9.53 Å². The Kier molecular flexibility index (Phi) is 7.75. The molecule has 0 aliphatic rings. The second kappa shape index (κ2) is 9.10. The van der Waals surface area contributed by atoms with Crippen molar-refractivity contribution in [2.75, 3.05) is 18.1 Å². The topological polar surface area (TPSA) is 26.3 Å². The second-order valence-corrected chi connectivity index (χ2v) is 6.42. The van der Waals surface area contributed by atoms with E-state index in [0.29, 0.717) is 12.2 Å². The monoisotopic (exact) mass is 296 g/mol. The van der Waals surface area contributed by atoms with E-state index >= 15 is 0 Å². The van der Waals surface area contributed by atoms with Crippen molar-refractivity contribution in [3.05, 3.63) is 40.1 Å². The first-order chi connectivity index (χ1) is 9.24. The van der Waals surface area contributed by atoms with Gasteiger partial charge in [-0.2, -0.15) is 0 Å². The van der Waals surface area contributed by atoms with Crippen molar-refractivity contribution in [3.8, 4) is 0 Å². The molecule has 0 unspecified atom stereocenters. The molecule has 1 aromatic rings. The molecule has 0 radical (unpaired) electrons. The van der Waals surface area contributed by atoms with Crippen LogP contribution in [0.15, 0.2) is 34.6 Å². The van der Waals surface area contributed by atoms with Crippen LogP contribution in [0.3, 0.4) is 0 Å². The third-order valence-corrected chi connectivity index (χ3v) is 4.51. The predicted molar refractivity (Wildman–Crippen MR) is 86.3 cm³/mol. The normalized spacial score (nSPS) is 10.1. The Bertz CT molecular complexity index is 419. The van der Waals surface area contributed by atoms with E-state index in [1.807, 2.05) is 37.3 Å². The van der Waals surface area contributed by atoms with Gasteiger partial charge in [0.25, 0.3) is 0 Å². The molecule has 104 valence electrons. The van der Waals surface area contributed by atoms with Crippen LogP contribution in [0.1, 0.15) is 26.3 Å². The van der Waals surface area contributed by atoms with Gasteiger partial charge in [-0.25, -0.2) is 4.79 Å². The summed E-state index contributed by atoms with van der Waals surface area (Å²) in [4.78, 5) is 12.2. The van der Waals surface area contributed by atoms with E-state index in [0.717, 1.165) is 21.3 Å². The molecule has 0 fully saturated rings. The van der Waals surface area contributed by atoms with E-state index in [1.54, 1.807) is 23.5 Å². The zero-order valence-corrected chi connectivity index (χ0v) is 13.3. The summed E-state index contributed by atoms with van der Waals surface area (Å²) in [5.41, 5.74) is 1.62. The molecule has 0 aromatic heterocycles. The van der Waals surface area contributed by atoms with Crippen LogP contribution in [-0.4, -0.2) is 24.1 Å². The van der Waals surface area contributed by atoms with Crippen molar-refractivity contribution in [1.82, 2.24) is 0 Å². The first kappa shape index (κ1) is 16.2. The summed E-state index contributed by atoms with van der Waals surface area (Å²) in [6.45, 7) is 6.42. The number of esters is 1. The number of rotatable bonds is 7. The maximum absolute atomic E-state index is 12.2. The minimum absolute atomic E-state index is 0.231. The van der Waals surface area contributed by atoms with Gasteiger partial charge in [-0.3, -0.25) is 0 Å². The molecule has 0 heterocycles. The average molecular weight is 296 g/mol. The molecular weight excluding hydrogens is 276 g/mol. The summed E-state index contributed by atoms with van der Waals surface area (Å²) in [6, 6.07) is 9.75. The Morgan fingerprint density at radius 1 is 1.05 bits per heavy atom. The second-order valence-electron chi connectivity index (χ2n) is 3.61. The van der Waals surface area contributed by atoms with Crippen molar-refractivity contribution in [2.45, 2.75) is 20.8 Å². The molecule has 0 spiro atoms. The lowest BCUT2D eigenvalue weighted by Crippen LogP contribution is -2.08. The van der Waals surface area contributed by atoms with Crippen molar-refractivity contribution in [1.29, 1.82) is 0 Å². The highest BCUT2D eigenvalue weighted by Gasteiger charge is 2.19. The molecule has 19 heavy (non-hydrogen) atoms. The zero-order chi connectivity index (χ0) is 14.1. The van der Waals surface area contributed by atoms with Crippen LogP contribution < -0.4 is 0 Å². The van der Waals surface area contributed by atoms with Gasteiger partial charge in [-0.15, -0.1) is 23.5 Å². The number of benzene rings is 1. The lowest BCUT2D eigenvalue weighted by molar-refractivity contribution is -0.136. The van der Waals surface area contributed by atoms with E-state index in [-0.39, 0.29) is 5.97 Å². The highest BCUT2D eigenvalue weighted by atomic mass is 32.2. The maximum Gasteiger partial charge on any atom is 0.340 e. The molecule has 0 N–H and O–H groups in total. The smallest absolute Gasteiger partial charge is 0.340 e. The molecular formula is C15H20O2S2. The molecule has 1 rings (SSSR count). The molecule has 1 aromatic carbocycles. The number of thioether (sulfide) groups is 2. The first-order valence-corrected chi connectivity index (χ1v) is 8.44. The van der Waals surface area contributed by atoms with Crippen LogP contribution in [0.4, 0.5) is 0 Å².